The molecular weight excluding hydrogens is 344 g/mol. The summed E-state index contributed by atoms with van der Waals surface area (Å²) in [6.45, 7) is 5.05. The molecule has 4 rings (SSSR count). The number of likely N-dealkylation sites (tertiary alicyclic amines) is 1. The average molecular weight is 366 g/mol. The quantitative estimate of drug-likeness (QED) is 0.903. The van der Waals surface area contributed by atoms with Gasteiger partial charge in [0.1, 0.15) is 0 Å². The van der Waals surface area contributed by atoms with Gasteiger partial charge < -0.3 is 19.7 Å². The molecule has 1 unspecified atom stereocenters. The number of aryl methyl sites for hydroxylation is 2. The van der Waals surface area contributed by atoms with Gasteiger partial charge in [0, 0.05) is 25.2 Å². The van der Waals surface area contributed by atoms with Crippen LogP contribution in [0, 0.1) is 19.8 Å². The smallest absolute Gasteiger partial charge is 0.231 e. The topological polar surface area (TPSA) is 67.9 Å². The Morgan fingerprint density at radius 2 is 1.96 bits per heavy atom. The SMILES string of the molecule is Cc1ccc(C)c(NC(=O)C2CC(=O)N(Cc3ccc4c(c3)OCO4)C2)c1. The molecule has 2 amide bonds. The number of hydrogen-bond acceptors (Lipinski definition) is 4. The molecule has 27 heavy (non-hydrogen) atoms. The van der Waals surface area contributed by atoms with E-state index in [0.29, 0.717) is 18.8 Å². The predicted molar refractivity (Wildman–Crippen MR) is 101 cm³/mol. The lowest BCUT2D eigenvalue weighted by Gasteiger charge is -2.17. The van der Waals surface area contributed by atoms with E-state index in [-0.39, 0.29) is 30.9 Å². The molecule has 0 radical (unpaired) electrons. The van der Waals surface area contributed by atoms with E-state index in [9.17, 15) is 9.59 Å². The van der Waals surface area contributed by atoms with Crippen LogP contribution >= 0.6 is 0 Å². The maximum Gasteiger partial charge on any atom is 0.231 e. The summed E-state index contributed by atoms with van der Waals surface area (Å²) in [7, 11) is 0. The Bertz CT molecular complexity index is 909. The summed E-state index contributed by atoms with van der Waals surface area (Å²) in [5.41, 5.74) is 3.86. The number of amides is 2. The summed E-state index contributed by atoms with van der Waals surface area (Å²) in [6.07, 6.45) is 0.237. The number of anilines is 1. The van der Waals surface area contributed by atoms with E-state index in [0.717, 1.165) is 28.1 Å². The van der Waals surface area contributed by atoms with E-state index in [1.54, 1.807) is 4.90 Å². The van der Waals surface area contributed by atoms with Gasteiger partial charge in [-0.2, -0.15) is 0 Å². The van der Waals surface area contributed by atoms with Crippen molar-refractivity contribution in [3.05, 3.63) is 53.1 Å². The first-order valence-electron chi connectivity index (χ1n) is 9.04. The Labute approximate surface area is 158 Å². The Kier molecular flexibility index (Phi) is 4.48. The molecule has 6 nitrogen and oxygen atoms in total. The van der Waals surface area contributed by atoms with Crippen LogP contribution in [-0.2, 0) is 16.1 Å². The third kappa shape index (κ3) is 3.60. The molecule has 140 valence electrons. The van der Waals surface area contributed by atoms with Crippen molar-refractivity contribution >= 4 is 17.5 Å². The van der Waals surface area contributed by atoms with Gasteiger partial charge in [-0.15, -0.1) is 0 Å². The zero-order chi connectivity index (χ0) is 19.0. The van der Waals surface area contributed by atoms with Crippen LogP contribution in [0.3, 0.4) is 0 Å². The molecule has 1 fully saturated rings. The fourth-order valence-electron chi connectivity index (χ4n) is 3.47. The van der Waals surface area contributed by atoms with Crippen LogP contribution in [0.25, 0.3) is 0 Å². The van der Waals surface area contributed by atoms with E-state index >= 15 is 0 Å². The standard InChI is InChI=1S/C21H22N2O4/c1-13-3-4-14(2)17(7-13)22-21(25)16-9-20(24)23(11-16)10-15-5-6-18-19(8-15)27-12-26-18/h3-8,16H,9-12H2,1-2H3,(H,22,25). The number of nitrogens with one attached hydrogen (secondary N) is 1. The zero-order valence-corrected chi connectivity index (χ0v) is 15.5. The van der Waals surface area contributed by atoms with Crippen LogP contribution < -0.4 is 14.8 Å². The van der Waals surface area contributed by atoms with Crippen molar-refractivity contribution in [1.29, 1.82) is 0 Å². The van der Waals surface area contributed by atoms with Gasteiger partial charge in [-0.1, -0.05) is 18.2 Å². The van der Waals surface area contributed by atoms with Crippen molar-refractivity contribution in [2.45, 2.75) is 26.8 Å². The van der Waals surface area contributed by atoms with Crippen molar-refractivity contribution in [2.75, 3.05) is 18.7 Å². The third-order valence-corrected chi connectivity index (χ3v) is 5.05. The highest BCUT2D eigenvalue weighted by Crippen LogP contribution is 2.33. The molecule has 0 bridgehead atoms. The minimum absolute atomic E-state index is 0.00576. The van der Waals surface area contributed by atoms with Crippen molar-refractivity contribution in [3.8, 4) is 11.5 Å². The molecule has 2 aromatic carbocycles. The highest BCUT2D eigenvalue weighted by molar-refractivity contribution is 5.97. The van der Waals surface area contributed by atoms with E-state index in [1.165, 1.54) is 0 Å². The molecule has 2 aliphatic rings. The Morgan fingerprint density at radius 1 is 1.15 bits per heavy atom. The van der Waals surface area contributed by atoms with Crippen molar-refractivity contribution < 1.29 is 19.1 Å². The van der Waals surface area contributed by atoms with E-state index < -0.39 is 0 Å². The zero-order valence-electron chi connectivity index (χ0n) is 15.5. The van der Waals surface area contributed by atoms with Crippen LogP contribution in [0.5, 0.6) is 11.5 Å². The molecule has 6 heteroatoms. The Balaban J connectivity index is 1.41. The normalized spacial score (nSPS) is 18.1. The van der Waals surface area contributed by atoms with Crippen molar-refractivity contribution in [1.82, 2.24) is 4.90 Å². The van der Waals surface area contributed by atoms with Crippen molar-refractivity contribution in [2.24, 2.45) is 5.92 Å². The van der Waals surface area contributed by atoms with Crippen LogP contribution in [0.15, 0.2) is 36.4 Å². The molecule has 2 heterocycles. The van der Waals surface area contributed by atoms with E-state index in [4.69, 9.17) is 9.47 Å². The van der Waals surface area contributed by atoms with Gasteiger partial charge in [0.15, 0.2) is 11.5 Å². The van der Waals surface area contributed by atoms with Gasteiger partial charge in [0.05, 0.1) is 5.92 Å². The molecule has 1 N–H and O–H groups in total. The second-order valence-corrected chi connectivity index (χ2v) is 7.17. The highest BCUT2D eigenvalue weighted by Gasteiger charge is 2.34. The monoisotopic (exact) mass is 366 g/mol. The van der Waals surface area contributed by atoms with E-state index in [1.807, 2.05) is 50.2 Å². The van der Waals surface area contributed by atoms with Crippen LogP contribution in [0.2, 0.25) is 0 Å². The molecule has 1 saturated heterocycles. The first-order chi connectivity index (χ1) is 13.0. The number of benzene rings is 2. The number of carbonyl (C=O) groups is 2. The van der Waals surface area contributed by atoms with Gasteiger partial charge in [0.2, 0.25) is 18.6 Å². The lowest BCUT2D eigenvalue weighted by Crippen LogP contribution is -2.28. The number of rotatable bonds is 4. The fourth-order valence-corrected chi connectivity index (χ4v) is 3.47. The van der Waals surface area contributed by atoms with Gasteiger partial charge in [-0.25, -0.2) is 0 Å². The van der Waals surface area contributed by atoms with Crippen LogP contribution in [-0.4, -0.2) is 30.1 Å². The lowest BCUT2D eigenvalue weighted by atomic mass is 10.1. The maximum atomic E-state index is 12.6. The van der Waals surface area contributed by atoms with Gasteiger partial charge in [-0.3, -0.25) is 9.59 Å². The van der Waals surface area contributed by atoms with Crippen LogP contribution in [0.4, 0.5) is 5.69 Å². The first kappa shape index (κ1) is 17.4. The number of nitrogens with zero attached hydrogens (tertiary/aromatic N) is 1. The second-order valence-electron chi connectivity index (χ2n) is 7.17. The molecule has 0 aliphatic carbocycles. The first-order valence-corrected chi connectivity index (χ1v) is 9.04. The van der Waals surface area contributed by atoms with Gasteiger partial charge in [-0.05, 0) is 48.7 Å². The molecule has 1 atom stereocenters. The maximum absolute atomic E-state index is 12.6. The average Bonchev–Trinajstić information content (AvgIpc) is 3.25. The molecule has 0 spiro atoms. The molecule has 2 aliphatic heterocycles. The fraction of sp³-hybridized carbons (Fsp3) is 0.333. The summed E-state index contributed by atoms with van der Waals surface area (Å²) >= 11 is 0. The molecule has 0 aromatic heterocycles. The second kappa shape index (κ2) is 6.95. The van der Waals surface area contributed by atoms with E-state index in [2.05, 4.69) is 5.32 Å². The summed E-state index contributed by atoms with van der Waals surface area (Å²) in [5, 5.41) is 2.98. The largest absolute Gasteiger partial charge is 0.454 e. The predicted octanol–water partition coefficient (Wildman–Crippen LogP) is 3.02. The number of carbonyl (C=O) groups excluding carboxylic acids is 2. The van der Waals surface area contributed by atoms with Crippen molar-refractivity contribution in [3.63, 3.8) is 0 Å². The minimum atomic E-state index is -0.341. The van der Waals surface area contributed by atoms with Crippen LogP contribution in [0.1, 0.15) is 23.1 Å². The molecular formula is C21H22N2O4. The molecule has 2 aromatic rings. The third-order valence-electron chi connectivity index (χ3n) is 5.05. The summed E-state index contributed by atoms with van der Waals surface area (Å²) < 4.78 is 10.7. The summed E-state index contributed by atoms with van der Waals surface area (Å²) in [6, 6.07) is 11.6. The number of hydrogen-bond donors (Lipinski definition) is 1. The minimum Gasteiger partial charge on any atom is -0.454 e. The Morgan fingerprint density at radius 3 is 2.81 bits per heavy atom. The Hall–Kier alpha value is -3.02. The lowest BCUT2D eigenvalue weighted by molar-refractivity contribution is -0.128. The summed E-state index contributed by atoms with van der Waals surface area (Å²) in [4.78, 5) is 26.8. The number of fused-ring (bicyclic) bond motifs is 1. The van der Waals surface area contributed by atoms with Gasteiger partial charge >= 0.3 is 0 Å². The highest BCUT2D eigenvalue weighted by atomic mass is 16.7. The molecule has 0 saturated carbocycles. The van der Waals surface area contributed by atoms with Gasteiger partial charge in [0.25, 0.3) is 0 Å². The number of ether oxygens (including phenoxy) is 2. The summed E-state index contributed by atoms with van der Waals surface area (Å²) in [5.74, 6) is 0.964.